The number of para-hydroxylation sites is 1. The van der Waals surface area contributed by atoms with Gasteiger partial charge in [-0.05, 0) is 17.0 Å². The van der Waals surface area contributed by atoms with Gasteiger partial charge in [-0.2, -0.15) is 0 Å². The second-order valence-electron chi connectivity index (χ2n) is 5.00. The van der Waals surface area contributed by atoms with E-state index in [1.54, 1.807) is 0 Å². The van der Waals surface area contributed by atoms with Crippen molar-refractivity contribution in [2.24, 2.45) is 5.41 Å². The lowest BCUT2D eigenvalue weighted by molar-refractivity contribution is 0.339. The van der Waals surface area contributed by atoms with Crippen molar-refractivity contribution in [1.29, 1.82) is 0 Å². The smallest absolute Gasteiger partial charge is 0.0640 e. The van der Waals surface area contributed by atoms with Crippen molar-refractivity contribution in [2.45, 2.75) is 26.7 Å². The third kappa shape index (κ3) is 1.50. The van der Waals surface area contributed by atoms with Crippen molar-refractivity contribution in [3.63, 3.8) is 0 Å². The fourth-order valence-electron chi connectivity index (χ4n) is 2.10. The molecule has 1 aliphatic rings. The highest BCUT2D eigenvalue weighted by molar-refractivity contribution is 6.33. The highest BCUT2D eigenvalue weighted by Crippen LogP contribution is 2.44. The van der Waals surface area contributed by atoms with Crippen molar-refractivity contribution in [2.75, 3.05) is 11.9 Å². The van der Waals surface area contributed by atoms with Gasteiger partial charge in [0.2, 0.25) is 0 Å². The number of rotatable bonds is 0. The van der Waals surface area contributed by atoms with Gasteiger partial charge in [0, 0.05) is 12.5 Å². The molecule has 1 N–H and O–H groups in total. The molecule has 0 bridgehead atoms. The van der Waals surface area contributed by atoms with E-state index in [2.05, 4.69) is 32.2 Å². The van der Waals surface area contributed by atoms with E-state index < -0.39 is 0 Å². The number of fused-ring (bicyclic) bond motifs is 1. The first-order chi connectivity index (χ1) is 6.50. The fraction of sp³-hybridized carbons (Fsp3) is 0.500. The molecule has 0 saturated carbocycles. The standard InChI is InChI=1S/C12H16ClN/c1-12(2,3)9-7-14-11-8(9)5-4-6-10(11)13/h4-6,9,14H,7H2,1-3H3. The summed E-state index contributed by atoms with van der Waals surface area (Å²) in [5.74, 6) is 0.566. The molecule has 1 aromatic carbocycles. The quantitative estimate of drug-likeness (QED) is 0.684. The van der Waals surface area contributed by atoms with Crippen LogP contribution >= 0.6 is 11.6 Å². The van der Waals surface area contributed by atoms with Crippen LogP contribution in [-0.2, 0) is 0 Å². The number of nitrogens with one attached hydrogen (secondary N) is 1. The van der Waals surface area contributed by atoms with Gasteiger partial charge in [-0.25, -0.2) is 0 Å². The maximum atomic E-state index is 6.12. The Balaban J connectivity index is 2.45. The second kappa shape index (κ2) is 3.16. The number of hydrogen-bond donors (Lipinski definition) is 1. The lowest BCUT2D eigenvalue weighted by Gasteiger charge is -2.26. The summed E-state index contributed by atoms with van der Waals surface area (Å²) in [5.41, 5.74) is 2.79. The number of anilines is 1. The lowest BCUT2D eigenvalue weighted by Crippen LogP contribution is -2.19. The molecular formula is C12H16ClN. The SMILES string of the molecule is CC(C)(C)C1CNc2c(Cl)cccc21. The van der Waals surface area contributed by atoms with Crippen LogP contribution in [0.25, 0.3) is 0 Å². The third-order valence-corrected chi connectivity index (χ3v) is 3.26. The van der Waals surface area contributed by atoms with Crippen molar-refractivity contribution in [3.05, 3.63) is 28.8 Å². The zero-order valence-corrected chi connectivity index (χ0v) is 9.65. The number of hydrogen-bond acceptors (Lipinski definition) is 1. The van der Waals surface area contributed by atoms with Crippen LogP contribution in [-0.4, -0.2) is 6.54 Å². The van der Waals surface area contributed by atoms with Crippen LogP contribution in [0.15, 0.2) is 18.2 Å². The Labute approximate surface area is 90.5 Å². The van der Waals surface area contributed by atoms with E-state index in [9.17, 15) is 0 Å². The first kappa shape index (κ1) is 9.85. The molecule has 1 atom stereocenters. The van der Waals surface area contributed by atoms with Gasteiger partial charge >= 0.3 is 0 Å². The minimum Gasteiger partial charge on any atom is -0.383 e. The van der Waals surface area contributed by atoms with Crippen molar-refractivity contribution < 1.29 is 0 Å². The molecule has 1 unspecified atom stereocenters. The molecule has 1 aromatic rings. The minimum atomic E-state index is 0.295. The molecule has 14 heavy (non-hydrogen) atoms. The third-order valence-electron chi connectivity index (χ3n) is 2.95. The van der Waals surface area contributed by atoms with Crippen LogP contribution in [0.1, 0.15) is 32.3 Å². The first-order valence-electron chi connectivity index (χ1n) is 5.02. The molecule has 1 nitrogen and oxygen atoms in total. The second-order valence-corrected chi connectivity index (χ2v) is 5.41. The highest BCUT2D eigenvalue weighted by atomic mass is 35.5. The Morgan fingerprint density at radius 1 is 1.36 bits per heavy atom. The van der Waals surface area contributed by atoms with E-state index >= 15 is 0 Å². The van der Waals surface area contributed by atoms with Gasteiger partial charge in [0.15, 0.2) is 0 Å². The molecule has 0 spiro atoms. The molecule has 0 saturated heterocycles. The van der Waals surface area contributed by atoms with E-state index in [0.29, 0.717) is 11.3 Å². The first-order valence-corrected chi connectivity index (χ1v) is 5.40. The monoisotopic (exact) mass is 209 g/mol. The molecule has 0 aromatic heterocycles. The summed E-state index contributed by atoms with van der Waals surface area (Å²) in [4.78, 5) is 0. The molecule has 76 valence electrons. The molecule has 1 aliphatic heterocycles. The summed E-state index contributed by atoms with van der Waals surface area (Å²) in [7, 11) is 0. The topological polar surface area (TPSA) is 12.0 Å². The Morgan fingerprint density at radius 3 is 2.71 bits per heavy atom. The molecule has 1 heterocycles. The van der Waals surface area contributed by atoms with Crippen LogP contribution < -0.4 is 5.32 Å². The Morgan fingerprint density at radius 2 is 2.07 bits per heavy atom. The van der Waals surface area contributed by atoms with Crippen molar-refractivity contribution in [1.82, 2.24) is 0 Å². The average molecular weight is 210 g/mol. The molecule has 2 rings (SSSR count). The maximum Gasteiger partial charge on any atom is 0.0640 e. The van der Waals surface area contributed by atoms with Crippen molar-refractivity contribution in [3.8, 4) is 0 Å². The summed E-state index contributed by atoms with van der Waals surface area (Å²) in [6.45, 7) is 7.82. The van der Waals surface area contributed by atoms with Gasteiger partial charge in [-0.3, -0.25) is 0 Å². The van der Waals surface area contributed by atoms with Crippen LogP contribution in [0.3, 0.4) is 0 Å². The molecular weight excluding hydrogens is 194 g/mol. The van der Waals surface area contributed by atoms with E-state index in [4.69, 9.17) is 11.6 Å². The normalized spacial score (nSPS) is 20.4. The summed E-state index contributed by atoms with van der Waals surface area (Å²) < 4.78 is 0. The number of halogens is 1. The van der Waals surface area contributed by atoms with Gasteiger partial charge in [0.05, 0.1) is 10.7 Å². The summed E-state index contributed by atoms with van der Waals surface area (Å²) in [5, 5.41) is 4.23. The Kier molecular flexibility index (Phi) is 2.23. The Bertz CT molecular complexity index is 352. The summed E-state index contributed by atoms with van der Waals surface area (Å²) >= 11 is 6.12. The van der Waals surface area contributed by atoms with Gasteiger partial charge < -0.3 is 5.32 Å². The van der Waals surface area contributed by atoms with E-state index in [-0.39, 0.29) is 0 Å². The molecule has 0 amide bonds. The van der Waals surface area contributed by atoms with Crippen LogP contribution in [0.4, 0.5) is 5.69 Å². The fourth-order valence-corrected chi connectivity index (χ4v) is 2.35. The van der Waals surface area contributed by atoms with Crippen molar-refractivity contribution >= 4 is 17.3 Å². The summed E-state index contributed by atoms with van der Waals surface area (Å²) in [6, 6.07) is 6.16. The van der Waals surface area contributed by atoms with E-state index in [0.717, 1.165) is 17.3 Å². The lowest BCUT2D eigenvalue weighted by atomic mass is 9.78. The largest absolute Gasteiger partial charge is 0.383 e. The predicted octanol–water partition coefficient (Wildman–Crippen LogP) is 3.90. The van der Waals surface area contributed by atoms with Gasteiger partial charge in [-0.1, -0.05) is 44.5 Å². The maximum absolute atomic E-state index is 6.12. The zero-order chi connectivity index (χ0) is 10.3. The Hall–Kier alpha value is -0.690. The molecule has 2 heteroatoms. The highest BCUT2D eigenvalue weighted by Gasteiger charge is 2.32. The molecule has 0 fully saturated rings. The molecule has 0 radical (unpaired) electrons. The summed E-state index contributed by atoms with van der Waals surface area (Å²) in [6.07, 6.45) is 0. The van der Waals surface area contributed by atoms with Crippen LogP contribution in [0, 0.1) is 5.41 Å². The van der Waals surface area contributed by atoms with E-state index in [1.807, 2.05) is 12.1 Å². The minimum absolute atomic E-state index is 0.295. The predicted molar refractivity (Wildman–Crippen MR) is 62.1 cm³/mol. The number of benzene rings is 1. The van der Waals surface area contributed by atoms with Crippen LogP contribution in [0.5, 0.6) is 0 Å². The average Bonchev–Trinajstić information content (AvgIpc) is 2.47. The van der Waals surface area contributed by atoms with Gasteiger partial charge in [-0.15, -0.1) is 0 Å². The molecule has 0 aliphatic carbocycles. The van der Waals surface area contributed by atoms with Gasteiger partial charge in [0.1, 0.15) is 0 Å². The van der Waals surface area contributed by atoms with E-state index in [1.165, 1.54) is 5.56 Å². The zero-order valence-electron chi connectivity index (χ0n) is 8.89. The van der Waals surface area contributed by atoms with Gasteiger partial charge in [0.25, 0.3) is 0 Å². The van der Waals surface area contributed by atoms with Crippen LogP contribution in [0.2, 0.25) is 5.02 Å².